The fourth-order valence-electron chi connectivity index (χ4n) is 1.81. The second-order valence-electron chi connectivity index (χ2n) is 3.77. The normalized spacial score (nSPS) is 33.5. The van der Waals surface area contributed by atoms with Gasteiger partial charge in [0.25, 0.3) is 0 Å². The Balaban J connectivity index is 2.27. The molecule has 0 aromatic heterocycles. The van der Waals surface area contributed by atoms with Crippen LogP contribution in [0, 0.1) is 0 Å². The Hall–Kier alpha value is -0.340. The van der Waals surface area contributed by atoms with Crippen molar-refractivity contribution in [3.05, 3.63) is 12.7 Å². The molecular weight excluding hydrogens is 164 g/mol. The second-order valence-corrected chi connectivity index (χ2v) is 3.77. The van der Waals surface area contributed by atoms with Crippen LogP contribution in [-0.4, -0.2) is 23.4 Å². The minimum Gasteiger partial charge on any atom is -0.390 e. The fraction of sp³-hybridized carbons (Fsp3) is 0.818. The third-order valence-electron chi connectivity index (χ3n) is 2.58. The molecule has 0 saturated carbocycles. The summed E-state index contributed by atoms with van der Waals surface area (Å²) >= 11 is 0. The van der Waals surface area contributed by atoms with E-state index < -0.39 is 0 Å². The average molecular weight is 184 g/mol. The van der Waals surface area contributed by atoms with Crippen molar-refractivity contribution in [3.63, 3.8) is 0 Å². The minimum absolute atomic E-state index is 0.000596. The fourth-order valence-corrected chi connectivity index (χ4v) is 1.81. The number of hydrogen-bond donors (Lipinski definition) is 1. The lowest BCUT2D eigenvalue weighted by Gasteiger charge is -2.12. The Labute approximate surface area is 80.6 Å². The van der Waals surface area contributed by atoms with Crippen molar-refractivity contribution in [1.82, 2.24) is 0 Å². The smallest absolute Gasteiger partial charge is 0.0872 e. The van der Waals surface area contributed by atoms with Gasteiger partial charge in [-0.15, -0.1) is 6.58 Å². The van der Waals surface area contributed by atoms with Crippen molar-refractivity contribution < 1.29 is 9.84 Å². The minimum atomic E-state index is -0.278. The zero-order chi connectivity index (χ0) is 9.68. The standard InChI is InChI=1S/C11H20O2/c1-3-5-7-9-8-10(12)11(13-9)6-4-2/h4,9-12H,2-3,5-8H2,1H3/t9-,10+,11-/m0/s1. The van der Waals surface area contributed by atoms with Gasteiger partial charge in [-0.2, -0.15) is 0 Å². The van der Waals surface area contributed by atoms with E-state index >= 15 is 0 Å². The summed E-state index contributed by atoms with van der Waals surface area (Å²) in [5, 5.41) is 9.62. The first kappa shape index (κ1) is 10.7. The maximum absolute atomic E-state index is 9.62. The highest BCUT2D eigenvalue weighted by atomic mass is 16.5. The molecule has 1 heterocycles. The summed E-state index contributed by atoms with van der Waals surface area (Å²) < 4.78 is 5.69. The van der Waals surface area contributed by atoms with E-state index in [4.69, 9.17) is 4.74 Å². The predicted octanol–water partition coefficient (Wildman–Crippen LogP) is 2.27. The van der Waals surface area contributed by atoms with Gasteiger partial charge in [-0.25, -0.2) is 0 Å². The van der Waals surface area contributed by atoms with E-state index in [0.29, 0.717) is 0 Å². The molecule has 0 spiro atoms. The molecule has 76 valence electrons. The molecule has 1 fully saturated rings. The average Bonchev–Trinajstić information content (AvgIpc) is 2.45. The van der Waals surface area contributed by atoms with Gasteiger partial charge in [0.2, 0.25) is 0 Å². The van der Waals surface area contributed by atoms with E-state index in [2.05, 4.69) is 13.5 Å². The van der Waals surface area contributed by atoms with Crippen molar-refractivity contribution in [3.8, 4) is 0 Å². The summed E-state index contributed by atoms with van der Waals surface area (Å²) in [5.41, 5.74) is 0. The molecule has 3 atom stereocenters. The summed E-state index contributed by atoms with van der Waals surface area (Å²) in [6.07, 6.45) is 6.86. The molecule has 2 heteroatoms. The summed E-state index contributed by atoms with van der Waals surface area (Å²) in [6.45, 7) is 5.83. The SMILES string of the molecule is C=CC[C@@H]1O[C@@H](CCCC)C[C@H]1O. The number of aliphatic hydroxyl groups is 1. The van der Waals surface area contributed by atoms with Gasteiger partial charge in [-0.3, -0.25) is 0 Å². The van der Waals surface area contributed by atoms with Crippen LogP contribution >= 0.6 is 0 Å². The lowest BCUT2D eigenvalue weighted by Crippen LogP contribution is -2.19. The Morgan fingerprint density at radius 2 is 2.38 bits per heavy atom. The van der Waals surface area contributed by atoms with E-state index in [1.165, 1.54) is 12.8 Å². The molecule has 1 rings (SSSR count). The summed E-state index contributed by atoms with van der Waals surface area (Å²) in [7, 11) is 0. The van der Waals surface area contributed by atoms with E-state index in [0.717, 1.165) is 19.3 Å². The number of aliphatic hydroxyl groups excluding tert-OH is 1. The molecular formula is C11H20O2. The van der Waals surface area contributed by atoms with Crippen LogP contribution in [0.5, 0.6) is 0 Å². The zero-order valence-corrected chi connectivity index (χ0v) is 8.41. The number of unbranched alkanes of at least 4 members (excludes halogenated alkanes) is 1. The Morgan fingerprint density at radius 1 is 1.62 bits per heavy atom. The van der Waals surface area contributed by atoms with Gasteiger partial charge in [-0.05, 0) is 12.8 Å². The first-order chi connectivity index (χ1) is 6.27. The molecule has 2 nitrogen and oxygen atoms in total. The Bertz CT molecular complexity index is 156. The molecule has 13 heavy (non-hydrogen) atoms. The molecule has 0 amide bonds. The molecule has 0 radical (unpaired) electrons. The van der Waals surface area contributed by atoms with Crippen LogP contribution in [0.3, 0.4) is 0 Å². The van der Waals surface area contributed by atoms with E-state index in [1.54, 1.807) is 0 Å². The molecule has 0 unspecified atom stereocenters. The predicted molar refractivity (Wildman–Crippen MR) is 53.6 cm³/mol. The van der Waals surface area contributed by atoms with Crippen LogP contribution in [-0.2, 0) is 4.74 Å². The molecule has 1 saturated heterocycles. The van der Waals surface area contributed by atoms with Gasteiger partial charge >= 0.3 is 0 Å². The van der Waals surface area contributed by atoms with Crippen molar-refractivity contribution in [2.75, 3.05) is 0 Å². The first-order valence-corrected chi connectivity index (χ1v) is 5.22. The maximum Gasteiger partial charge on any atom is 0.0872 e. The van der Waals surface area contributed by atoms with Crippen molar-refractivity contribution in [1.29, 1.82) is 0 Å². The van der Waals surface area contributed by atoms with Crippen LogP contribution in [0.15, 0.2) is 12.7 Å². The quantitative estimate of drug-likeness (QED) is 0.664. The Kier molecular flexibility index (Phi) is 4.46. The third-order valence-corrected chi connectivity index (χ3v) is 2.58. The van der Waals surface area contributed by atoms with Crippen LogP contribution < -0.4 is 0 Å². The van der Waals surface area contributed by atoms with Crippen molar-refractivity contribution in [2.24, 2.45) is 0 Å². The molecule has 0 aromatic rings. The largest absolute Gasteiger partial charge is 0.390 e. The lowest BCUT2D eigenvalue weighted by atomic mass is 10.1. The van der Waals surface area contributed by atoms with Crippen LogP contribution in [0.1, 0.15) is 39.0 Å². The Morgan fingerprint density at radius 3 is 3.00 bits per heavy atom. The molecule has 0 aromatic carbocycles. The van der Waals surface area contributed by atoms with Crippen molar-refractivity contribution in [2.45, 2.75) is 57.3 Å². The van der Waals surface area contributed by atoms with Crippen molar-refractivity contribution >= 4 is 0 Å². The lowest BCUT2D eigenvalue weighted by molar-refractivity contribution is 0.00931. The molecule has 0 aliphatic carbocycles. The second kappa shape index (κ2) is 5.40. The summed E-state index contributed by atoms with van der Waals surface area (Å²) in [5.74, 6) is 0. The monoisotopic (exact) mass is 184 g/mol. The van der Waals surface area contributed by atoms with Crippen LogP contribution in [0.25, 0.3) is 0 Å². The number of ether oxygens (including phenoxy) is 1. The summed E-state index contributed by atoms with van der Waals surface area (Å²) in [4.78, 5) is 0. The van der Waals surface area contributed by atoms with Gasteiger partial charge < -0.3 is 9.84 Å². The molecule has 1 aliphatic rings. The van der Waals surface area contributed by atoms with Gasteiger partial charge in [0.15, 0.2) is 0 Å². The van der Waals surface area contributed by atoms with Gasteiger partial charge in [0.1, 0.15) is 0 Å². The number of rotatable bonds is 5. The summed E-state index contributed by atoms with van der Waals surface area (Å²) in [6, 6.07) is 0. The maximum atomic E-state index is 9.62. The van der Waals surface area contributed by atoms with Gasteiger partial charge in [0.05, 0.1) is 18.3 Å². The number of hydrogen-bond acceptors (Lipinski definition) is 2. The highest BCUT2D eigenvalue weighted by molar-refractivity contribution is 4.86. The highest BCUT2D eigenvalue weighted by Gasteiger charge is 2.32. The highest BCUT2D eigenvalue weighted by Crippen LogP contribution is 2.26. The first-order valence-electron chi connectivity index (χ1n) is 5.22. The van der Waals surface area contributed by atoms with E-state index in [1.807, 2.05) is 6.08 Å². The molecule has 1 N–H and O–H groups in total. The van der Waals surface area contributed by atoms with Gasteiger partial charge in [-0.1, -0.05) is 25.8 Å². The van der Waals surface area contributed by atoms with E-state index in [-0.39, 0.29) is 18.3 Å². The van der Waals surface area contributed by atoms with Crippen LogP contribution in [0.4, 0.5) is 0 Å². The van der Waals surface area contributed by atoms with Gasteiger partial charge in [0, 0.05) is 6.42 Å². The zero-order valence-electron chi connectivity index (χ0n) is 8.41. The van der Waals surface area contributed by atoms with E-state index in [9.17, 15) is 5.11 Å². The topological polar surface area (TPSA) is 29.5 Å². The van der Waals surface area contributed by atoms with Crippen LogP contribution in [0.2, 0.25) is 0 Å². The molecule has 0 bridgehead atoms. The molecule has 1 aliphatic heterocycles. The third kappa shape index (κ3) is 3.12.